The van der Waals surface area contributed by atoms with Crippen LogP contribution in [0.2, 0.25) is 0 Å². The van der Waals surface area contributed by atoms with Gasteiger partial charge in [-0.15, -0.1) is 0 Å². The number of para-hydroxylation sites is 1. The number of rotatable bonds is 5. The number of carbonyl (C=O) groups is 3. The van der Waals surface area contributed by atoms with Gasteiger partial charge in [0.2, 0.25) is 5.78 Å². The summed E-state index contributed by atoms with van der Waals surface area (Å²) in [5.41, 5.74) is 0.129. The largest absolute Gasteiger partial charge is 0.459 e. The molecule has 5 heteroatoms. The second-order valence-electron chi connectivity index (χ2n) is 9.29. The van der Waals surface area contributed by atoms with E-state index in [4.69, 9.17) is 4.74 Å². The van der Waals surface area contributed by atoms with Crippen molar-refractivity contribution in [2.75, 3.05) is 4.90 Å². The van der Waals surface area contributed by atoms with Crippen LogP contribution in [0.5, 0.6) is 0 Å². The van der Waals surface area contributed by atoms with Gasteiger partial charge in [-0.05, 0) is 38.0 Å². The normalized spacial score (nSPS) is 18.1. The number of amides is 1. The number of esters is 1. The predicted molar refractivity (Wildman–Crippen MR) is 127 cm³/mol. The Labute approximate surface area is 194 Å². The first kappa shape index (κ1) is 22.5. The molecule has 3 aromatic rings. The van der Waals surface area contributed by atoms with Gasteiger partial charge in [0.25, 0.3) is 5.91 Å². The molecule has 168 valence electrons. The highest BCUT2D eigenvalue weighted by molar-refractivity contribution is 6.50. The van der Waals surface area contributed by atoms with Crippen molar-refractivity contribution in [3.05, 3.63) is 102 Å². The molecule has 1 aliphatic heterocycles. The molecule has 33 heavy (non-hydrogen) atoms. The SMILES string of the molecule is CC(C)(C)OC(=O)[C@]1(Cc2ccccc2)C(=O)C(=O)N(Cc2ccccc2)c2ccccc21. The molecule has 0 bridgehead atoms. The van der Waals surface area contributed by atoms with Crippen LogP contribution in [-0.4, -0.2) is 23.3 Å². The van der Waals surface area contributed by atoms with E-state index in [9.17, 15) is 14.4 Å². The molecule has 0 saturated heterocycles. The number of nitrogens with zero attached hydrogens (tertiary/aromatic N) is 1. The number of ether oxygens (including phenoxy) is 1. The molecular formula is C28H27NO4. The molecule has 3 aromatic carbocycles. The Kier molecular flexibility index (Phi) is 5.90. The average molecular weight is 442 g/mol. The molecule has 0 fully saturated rings. The number of ketones is 1. The third-order valence-electron chi connectivity index (χ3n) is 5.72. The highest BCUT2D eigenvalue weighted by Gasteiger charge is 2.57. The maximum atomic E-state index is 13.9. The lowest BCUT2D eigenvalue weighted by atomic mass is 9.68. The van der Waals surface area contributed by atoms with Crippen LogP contribution < -0.4 is 4.90 Å². The standard InChI is InChI=1S/C28H27NO4/c1-27(2,3)33-26(32)28(18-20-12-6-4-7-13-20)22-16-10-11-17-23(22)29(25(31)24(28)30)19-21-14-8-5-9-15-21/h4-17H,18-19H2,1-3H3/t28-/m0/s1. The Morgan fingerprint density at radius 1 is 0.818 bits per heavy atom. The van der Waals surface area contributed by atoms with E-state index < -0.39 is 28.7 Å². The average Bonchev–Trinajstić information content (AvgIpc) is 2.80. The van der Waals surface area contributed by atoms with Crippen molar-refractivity contribution in [2.24, 2.45) is 0 Å². The van der Waals surface area contributed by atoms with Crippen LogP contribution in [0.3, 0.4) is 0 Å². The van der Waals surface area contributed by atoms with Crippen LogP contribution in [0.4, 0.5) is 5.69 Å². The maximum Gasteiger partial charge on any atom is 0.325 e. The number of hydrogen-bond donors (Lipinski definition) is 0. The van der Waals surface area contributed by atoms with Crippen molar-refractivity contribution in [2.45, 2.75) is 44.8 Å². The minimum absolute atomic E-state index is 0.0452. The first-order valence-electron chi connectivity index (χ1n) is 11.0. The topological polar surface area (TPSA) is 63.7 Å². The number of Topliss-reactive ketones (excluding diaryl/α,β-unsaturated/α-hetero) is 1. The fraction of sp³-hybridized carbons (Fsp3) is 0.250. The van der Waals surface area contributed by atoms with Crippen molar-refractivity contribution in [3.8, 4) is 0 Å². The van der Waals surface area contributed by atoms with Crippen LogP contribution >= 0.6 is 0 Å². The molecule has 0 radical (unpaired) electrons. The summed E-state index contributed by atoms with van der Waals surface area (Å²) in [6, 6.07) is 25.9. The molecule has 4 rings (SSSR count). The third-order valence-corrected chi connectivity index (χ3v) is 5.72. The summed E-state index contributed by atoms with van der Waals surface area (Å²) >= 11 is 0. The van der Waals surface area contributed by atoms with Gasteiger partial charge >= 0.3 is 5.97 Å². The summed E-state index contributed by atoms with van der Waals surface area (Å²) in [5, 5.41) is 0. The van der Waals surface area contributed by atoms with Gasteiger partial charge in [-0.3, -0.25) is 14.4 Å². The quantitative estimate of drug-likeness (QED) is 0.329. The molecule has 5 nitrogen and oxygen atoms in total. The van der Waals surface area contributed by atoms with Crippen LogP contribution in [0, 0.1) is 0 Å². The monoisotopic (exact) mass is 441 g/mol. The predicted octanol–water partition coefficient (Wildman–Crippen LogP) is 4.62. The van der Waals surface area contributed by atoms with E-state index in [1.165, 1.54) is 4.90 Å². The Morgan fingerprint density at radius 3 is 1.97 bits per heavy atom. The zero-order valence-corrected chi connectivity index (χ0v) is 19.1. The lowest BCUT2D eigenvalue weighted by Gasteiger charge is -2.41. The van der Waals surface area contributed by atoms with Gasteiger partial charge in [-0.2, -0.15) is 0 Å². The van der Waals surface area contributed by atoms with Gasteiger partial charge in [0.1, 0.15) is 5.60 Å². The van der Waals surface area contributed by atoms with Gasteiger partial charge < -0.3 is 9.64 Å². The van der Waals surface area contributed by atoms with E-state index in [1.54, 1.807) is 39.0 Å². The van der Waals surface area contributed by atoms with E-state index in [-0.39, 0.29) is 13.0 Å². The summed E-state index contributed by atoms with van der Waals surface area (Å²) in [4.78, 5) is 42.6. The Balaban J connectivity index is 1.89. The van der Waals surface area contributed by atoms with Gasteiger partial charge in [0.15, 0.2) is 5.41 Å². The third kappa shape index (κ3) is 4.31. The summed E-state index contributed by atoms with van der Waals surface area (Å²) in [7, 11) is 0. The van der Waals surface area contributed by atoms with Gasteiger partial charge in [-0.1, -0.05) is 78.9 Å². The van der Waals surface area contributed by atoms with E-state index in [0.717, 1.165) is 11.1 Å². The fourth-order valence-corrected chi connectivity index (χ4v) is 4.25. The van der Waals surface area contributed by atoms with E-state index in [1.807, 2.05) is 66.7 Å². The number of carbonyl (C=O) groups excluding carboxylic acids is 3. The number of fused-ring (bicyclic) bond motifs is 1. The van der Waals surface area contributed by atoms with Crippen molar-refractivity contribution >= 4 is 23.3 Å². The molecule has 0 spiro atoms. The Hall–Kier alpha value is -3.73. The minimum atomic E-state index is -1.75. The number of anilines is 1. The zero-order chi connectivity index (χ0) is 23.6. The molecule has 0 unspecified atom stereocenters. The first-order valence-corrected chi connectivity index (χ1v) is 11.0. The van der Waals surface area contributed by atoms with E-state index in [2.05, 4.69) is 0 Å². The van der Waals surface area contributed by atoms with Crippen molar-refractivity contribution in [1.29, 1.82) is 0 Å². The smallest absolute Gasteiger partial charge is 0.325 e. The molecule has 0 saturated carbocycles. The highest BCUT2D eigenvalue weighted by atomic mass is 16.6. The van der Waals surface area contributed by atoms with Crippen LogP contribution in [0.1, 0.15) is 37.5 Å². The molecule has 0 aliphatic carbocycles. The van der Waals surface area contributed by atoms with E-state index in [0.29, 0.717) is 11.3 Å². The lowest BCUT2D eigenvalue weighted by Crippen LogP contribution is -2.58. The molecule has 0 N–H and O–H groups in total. The van der Waals surface area contributed by atoms with Crippen LogP contribution in [-0.2, 0) is 37.5 Å². The minimum Gasteiger partial charge on any atom is -0.459 e. The molecule has 1 amide bonds. The van der Waals surface area contributed by atoms with Crippen LogP contribution in [0.15, 0.2) is 84.9 Å². The molecular weight excluding hydrogens is 414 g/mol. The highest BCUT2D eigenvalue weighted by Crippen LogP contribution is 2.43. The van der Waals surface area contributed by atoms with Crippen molar-refractivity contribution in [1.82, 2.24) is 0 Å². The number of hydrogen-bond acceptors (Lipinski definition) is 4. The summed E-state index contributed by atoms with van der Waals surface area (Å²) in [5.74, 6) is -2.18. The maximum absolute atomic E-state index is 13.9. The second kappa shape index (κ2) is 8.66. The summed E-state index contributed by atoms with van der Waals surface area (Å²) in [6.45, 7) is 5.50. The molecule has 1 heterocycles. The lowest BCUT2D eigenvalue weighted by molar-refractivity contribution is -0.166. The Bertz CT molecular complexity index is 1180. The first-order chi connectivity index (χ1) is 15.7. The summed E-state index contributed by atoms with van der Waals surface area (Å²) in [6.07, 6.45) is 0.0452. The zero-order valence-electron chi connectivity index (χ0n) is 19.1. The van der Waals surface area contributed by atoms with Gasteiger partial charge in [-0.25, -0.2) is 0 Å². The van der Waals surface area contributed by atoms with E-state index >= 15 is 0 Å². The molecule has 0 aromatic heterocycles. The van der Waals surface area contributed by atoms with Crippen LogP contribution in [0.25, 0.3) is 0 Å². The molecule has 1 aliphatic rings. The molecule has 1 atom stereocenters. The van der Waals surface area contributed by atoms with Gasteiger partial charge in [0, 0.05) is 17.7 Å². The van der Waals surface area contributed by atoms with Crippen molar-refractivity contribution in [3.63, 3.8) is 0 Å². The second-order valence-corrected chi connectivity index (χ2v) is 9.29. The Morgan fingerprint density at radius 2 is 1.36 bits per heavy atom. The fourth-order valence-electron chi connectivity index (χ4n) is 4.25. The van der Waals surface area contributed by atoms with Crippen molar-refractivity contribution < 1.29 is 19.1 Å². The number of benzene rings is 3. The summed E-state index contributed by atoms with van der Waals surface area (Å²) < 4.78 is 5.75. The van der Waals surface area contributed by atoms with Gasteiger partial charge in [0.05, 0.1) is 6.54 Å².